The molecule has 4 rings (SSSR count). The van der Waals surface area contributed by atoms with E-state index < -0.39 is 24.4 Å². The van der Waals surface area contributed by atoms with Crippen LogP contribution in [0.15, 0.2) is 77.7 Å². The van der Waals surface area contributed by atoms with Crippen molar-refractivity contribution >= 4 is 41.9 Å². The molecule has 3 aromatic rings. The summed E-state index contributed by atoms with van der Waals surface area (Å²) in [7, 11) is 0. The second kappa shape index (κ2) is 7.96. The van der Waals surface area contributed by atoms with Crippen LogP contribution in [0.4, 0.5) is 5.69 Å². The minimum absolute atomic E-state index is 0.0803. The average molecular weight is 417 g/mol. The summed E-state index contributed by atoms with van der Waals surface area (Å²) < 4.78 is 5.09. The standard InChI is InChI=1S/C23H15NO5S/c25-19(14-6-2-1-3-7-14)13-29-23(28)15-10-11-16-17(12-15)22(27)24(21(16)26)18-8-4-5-9-20(18)30/h1-12,30H,13H2. The third kappa shape index (κ3) is 3.51. The Morgan fingerprint density at radius 2 is 1.47 bits per heavy atom. The van der Waals surface area contributed by atoms with Crippen LogP contribution < -0.4 is 4.90 Å². The van der Waals surface area contributed by atoms with Crippen molar-refractivity contribution in [1.82, 2.24) is 0 Å². The first-order valence-electron chi connectivity index (χ1n) is 9.03. The highest BCUT2D eigenvalue weighted by atomic mass is 32.1. The highest BCUT2D eigenvalue weighted by molar-refractivity contribution is 7.80. The lowest BCUT2D eigenvalue weighted by atomic mass is 10.1. The molecule has 0 radical (unpaired) electrons. The number of amides is 2. The Balaban J connectivity index is 1.53. The Morgan fingerprint density at radius 3 is 2.20 bits per heavy atom. The minimum Gasteiger partial charge on any atom is -0.454 e. The maximum atomic E-state index is 12.9. The number of thiol groups is 1. The van der Waals surface area contributed by atoms with Gasteiger partial charge < -0.3 is 4.74 Å². The number of anilines is 1. The summed E-state index contributed by atoms with van der Waals surface area (Å²) in [5.74, 6) is -2.13. The lowest BCUT2D eigenvalue weighted by molar-refractivity contribution is 0.0474. The molecule has 0 fully saturated rings. The second-order valence-corrected chi connectivity index (χ2v) is 7.04. The average Bonchev–Trinajstić information content (AvgIpc) is 3.02. The van der Waals surface area contributed by atoms with E-state index in [2.05, 4.69) is 12.6 Å². The monoisotopic (exact) mass is 417 g/mol. The normalized spacial score (nSPS) is 12.6. The highest BCUT2D eigenvalue weighted by Gasteiger charge is 2.38. The number of esters is 1. The number of para-hydroxylation sites is 1. The predicted molar refractivity (Wildman–Crippen MR) is 112 cm³/mol. The van der Waals surface area contributed by atoms with Gasteiger partial charge in [0.1, 0.15) is 0 Å². The van der Waals surface area contributed by atoms with Crippen LogP contribution in [0.5, 0.6) is 0 Å². The fourth-order valence-electron chi connectivity index (χ4n) is 3.16. The molecule has 0 saturated carbocycles. The van der Waals surface area contributed by atoms with E-state index in [-0.39, 0.29) is 22.5 Å². The number of hydrogen-bond acceptors (Lipinski definition) is 6. The van der Waals surface area contributed by atoms with Gasteiger partial charge in [-0.1, -0.05) is 42.5 Å². The molecule has 3 aromatic carbocycles. The number of carbonyl (C=O) groups excluding carboxylic acids is 4. The fraction of sp³-hybridized carbons (Fsp3) is 0.0435. The number of rotatable bonds is 5. The molecule has 0 bridgehead atoms. The molecule has 1 aliphatic heterocycles. The molecular weight excluding hydrogens is 402 g/mol. The van der Waals surface area contributed by atoms with Gasteiger partial charge in [0.2, 0.25) is 0 Å². The van der Waals surface area contributed by atoms with Gasteiger partial charge >= 0.3 is 5.97 Å². The van der Waals surface area contributed by atoms with E-state index in [9.17, 15) is 19.2 Å². The van der Waals surface area contributed by atoms with Crippen molar-refractivity contribution in [3.8, 4) is 0 Å². The summed E-state index contributed by atoms with van der Waals surface area (Å²) in [5, 5.41) is 0. The van der Waals surface area contributed by atoms with Gasteiger partial charge in [-0.2, -0.15) is 0 Å². The summed E-state index contributed by atoms with van der Waals surface area (Å²) in [4.78, 5) is 51.6. The van der Waals surface area contributed by atoms with Gasteiger partial charge in [0, 0.05) is 10.5 Å². The van der Waals surface area contributed by atoms with Gasteiger partial charge in [-0.15, -0.1) is 12.6 Å². The van der Waals surface area contributed by atoms with Crippen molar-refractivity contribution in [1.29, 1.82) is 0 Å². The van der Waals surface area contributed by atoms with Gasteiger partial charge in [-0.25, -0.2) is 9.69 Å². The van der Waals surface area contributed by atoms with Gasteiger partial charge in [0.05, 0.1) is 22.4 Å². The van der Waals surface area contributed by atoms with Gasteiger partial charge in [0.15, 0.2) is 12.4 Å². The topological polar surface area (TPSA) is 80.8 Å². The van der Waals surface area contributed by atoms with E-state index in [0.29, 0.717) is 16.1 Å². The van der Waals surface area contributed by atoms with Gasteiger partial charge in [-0.3, -0.25) is 14.4 Å². The van der Waals surface area contributed by atoms with Crippen molar-refractivity contribution in [2.24, 2.45) is 0 Å². The molecule has 148 valence electrons. The number of ether oxygens (including phenoxy) is 1. The van der Waals surface area contributed by atoms with E-state index in [0.717, 1.165) is 4.90 Å². The quantitative estimate of drug-likeness (QED) is 0.295. The number of nitrogens with zero attached hydrogens (tertiary/aromatic N) is 1. The Kier molecular flexibility index (Phi) is 5.20. The first kappa shape index (κ1) is 19.6. The molecule has 0 spiro atoms. The van der Waals surface area contributed by atoms with Crippen LogP contribution >= 0.6 is 12.6 Å². The van der Waals surface area contributed by atoms with Crippen LogP contribution in [-0.4, -0.2) is 30.2 Å². The van der Waals surface area contributed by atoms with Gasteiger partial charge in [-0.05, 0) is 30.3 Å². The maximum Gasteiger partial charge on any atom is 0.338 e. The van der Waals surface area contributed by atoms with Crippen LogP contribution in [0.3, 0.4) is 0 Å². The lowest BCUT2D eigenvalue weighted by Crippen LogP contribution is -2.29. The molecule has 0 N–H and O–H groups in total. The molecule has 1 aliphatic rings. The zero-order chi connectivity index (χ0) is 21.3. The van der Waals surface area contributed by atoms with Crippen molar-refractivity contribution in [3.63, 3.8) is 0 Å². The third-order valence-corrected chi connectivity index (χ3v) is 5.05. The fourth-order valence-corrected chi connectivity index (χ4v) is 3.42. The predicted octanol–water partition coefficient (Wildman–Crippen LogP) is 3.82. The largest absolute Gasteiger partial charge is 0.454 e. The third-order valence-electron chi connectivity index (χ3n) is 4.68. The van der Waals surface area contributed by atoms with E-state index in [1.165, 1.54) is 18.2 Å². The highest BCUT2D eigenvalue weighted by Crippen LogP contribution is 2.32. The van der Waals surface area contributed by atoms with Crippen molar-refractivity contribution < 1.29 is 23.9 Å². The molecule has 6 nitrogen and oxygen atoms in total. The molecule has 0 aromatic heterocycles. The van der Waals surface area contributed by atoms with Crippen molar-refractivity contribution in [2.45, 2.75) is 4.90 Å². The van der Waals surface area contributed by atoms with Crippen molar-refractivity contribution in [3.05, 3.63) is 95.1 Å². The SMILES string of the molecule is O=C(COC(=O)c1ccc2c(c1)C(=O)N(c1ccccc1S)C2=O)c1ccccc1. The van der Waals surface area contributed by atoms with E-state index in [4.69, 9.17) is 4.74 Å². The molecule has 0 unspecified atom stereocenters. The summed E-state index contributed by atoms with van der Waals surface area (Å²) >= 11 is 4.31. The summed E-state index contributed by atoms with van der Waals surface area (Å²) in [5.41, 5.74) is 1.16. The molecule has 7 heteroatoms. The first-order chi connectivity index (χ1) is 14.5. The molecule has 0 aliphatic carbocycles. The van der Waals surface area contributed by atoms with Crippen LogP contribution in [-0.2, 0) is 4.74 Å². The number of Topliss-reactive ketones (excluding diaryl/α,β-unsaturated/α-hetero) is 1. The molecule has 0 atom stereocenters. The van der Waals surface area contributed by atoms with Crippen LogP contribution in [0.1, 0.15) is 41.4 Å². The first-order valence-corrected chi connectivity index (χ1v) is 9.48. The Bertz CT molecular complexity index is 1190. The lowest BCUT2D eigenvalue weighted by Gasteiger charge is -2.15. The van der Waals surface area contributed by atoms with E-state index in [1.54, 1.807) is 54.6 Å². The zero-order valence-corrected chi connectivity index (χ0v) is 16.5. The molecule has 30 heavy (non-hydrogen) atoms. The summed E-state index contributed by atoms with van der Waals surface area (Å²) in [6, 6.07) is 19.3. The van der Waals surface area contributed by atoms with Crippen LogP contribution in [0.25, 0.3) is 0 Å². The number of ketones is 1. The minimum atomic E-state index is -0.754. The zero-order valence-electron chi connectivity index (χ0n) is 15.6. The number of fused-ring (bicyclic) bond motifs is 1. The maximum absolute atomic E-state index is 12.9. The van der Waals surface area contributed by atoms with Crippen LogP contribution in [0.2, 0.25) is 0 Å². The van der Waals surface area contributed by atoms with Crippen LogP contribution in [0, 0.1) is 0 Å². The van der Waals surface area contributed by atoms with Gasteiger partial charge in [0.25, 0.3) is 11.8 Å². The second-order valence-electron chi connectivity index (χ2n) is 6.56. The molecule has 0 saturated heterocycles. The molecular formula is C23H15NO5S. The Labute approximate surface area is 177 Å². The van der Waals surface area contributed by atoms with E-state index in [1.807, 2.05) is 0 Å². The molecule has 1 heterocycles. The summed E-state index contributed by atoms with van der Waals surface area (Å²) in [6.07, 6.45) is 0. The Morgan fingerprint density at radius 1 is 0.800 bits per heavy atom. The Hall–Kier alpha value is -3.71. The molecule has 2 amide bonds. The van der Waals surface area contributed by atoms with Crippen molar-refractivity contribution in [2.75, 3.05) is 11.5 Å². The van der Waals surface area contributed by atoms with E-state index >= 15 is 0 Å². The number of hydrogen-bond donors (Lipinski definition) is 1. The number of imide groups is 1. The number of benzene rings is 3. The summed E-state index contributed by atoms with van der Waals surface area (Å²) in [6.45, 7) is -0.425. The smallest absolute Gasteiger partial charge is 0.338 e. The number of carbonyl (C=O) groups is 4.